The smallest absolute Gasteiger partial charge is 0.234 e. The molecule has 0 radical (unpaired) electrons. The van der Waals surface area contributed by atoms with Crippen LogP contribution in [0, 0.1) is 0 Å². The minimum absolute atomic E-state index is 0.0288. The minimum atomic E-state index is -0.353. The quantitative estimate of drug-likeness (QED) is 0.747. The number of hydrogen-bond acceptors (Lipinski definition) is 4. The van der Waals surface area contributed by atoms with E-state index < -0.39 is 0 Å². The zero-order valence-electron chi connectivity index (χ0n) is 15.5. The summed E-state index contributed by atoms with van der Waals surface area (Å²) in [6.07, 6.45) is 0.368. The Kier molecular flexibility index (Phi) is 7.15. The fourth-order valence-electron chi connectivity index (χ4n) is 3.06. The van der Waals surface area contributed by atoms with Crippen LogP contribution in [0.25, 0.3) is 0 Å². The Morgan fingerprint density at radius 3 is 2.23 bits per heavy atom. The van der Waals surface area contributed by atoms with Gasteiger partial charge in [0.1, 0.15) is 0 Å². The summed E-state index contributed by atoms with van der Waals surface area (Å²) in [6, 6.07) is 9.31. The molecule has 1 heterocycles. The monoisotopic (exact) mass is 360 g/mol. The second kappa shape index (κ2) is 9.33. The summed E-state index contributed by atoms with van der Waals surface area (Å²) in [4.78, 5) is 39.4. The first-order valence-corrected chi connectivity index (χ1v) is 9.04. The Bertz CT molecular complexity index is 627. The molecule has 1 aromatic rings. The summed E-state index contributed by atoms with van der Waals surface area (Å²) in [5.41, 5.74) is 6.35. The first kappa shape index (κ1) is 19.9. The molecule has 3 N–H and O–H groups in total. The van der Waals surface area contributed by atoms with Crippen molar-refractivity contribution in [3.63, 3.8) is 0 Å². The van der Waals surface area contributed by atoms with E-state index in [1.165, 1.54) is 0 Å². The van der Waals surface area contributed by atoms with E-state index in [9.17, 15) is 14.4 Å². The summed E-state index contributed by atoms with van der Waals surface area (Å²) < 4.78 is 0. The maximum atomic E-state index is 12.3. The molecule has 7 nitrogen and oxygen atoms in total. The zero-order valence-corrected chi connectivity index (χ0v) is 15.5. The van der Waals surface area contributed by atoms with Crippen molar-refractivity contribution in [1.29, 1.82) is 0 Å². The standard InChI is InChI=1S/C19H28N4O3/c1-14(16-6-4-3-5-7-16)21-17(24)8-9-18(25)23-12-10-22(11-13-23)15(2)19(20)26/h3-7,14-15H,8-13H2,1-2H3,(H2,20,26)(H,21,24)/t14-,15-/m1/s1. The minimum Gasteiger partial charge on any atom is -0.368 e. The normalized spacial score (nSPS) is 17.4. The van der Waals surface area contributed by atoms with Crippen LogP contribution in [-0.4, -0.2) is 59.7 Å². The predicted molar refractivity (Wildman–Crippen MR) is 99.0 cm³/mol. The third-order valence-corrected chi connectivity index (χ3v) is 4.87. The number of nitrogens with one attached hydrogen (secondary N) is 1. The van der Waals surface area contributed by atoms with Gasteiger partial charge in [-0.2, -0.15) is 0 Å². The molecule has 142 valence electrons. The molecule has 1 fully saturated rings. The van der Waals surface area contributed by atoms with Crippen molar-refractivity contribution < 1.29 is 14.4 Å². The highest BCUT2D eigenvalue weighted by Gasteiger charge is 2.26. The van der Waals surface area contributed by atoms with E-state index in [0.717, 1.165) is 5.56 Å². The number of benzene rings is 1. The Morgan fingerprint density at radius 2 is 1.65 bits per heavy atom. The highest BCUT2D eigenvalue weighted by atomic mass is 16.2. The number of carbonyl (C=O) groups is 3. The van der Waals surface area contributed by atoms with Crippen molar-refractivity contribution in [3.05, 3.63) is 35.9 Å². The Morgan fingerprint density at radius 1 is 1.04 bits per heavy atom. The molecule has 0 bridgehead atoms. The van der Waals surface area contributed by atoms with Gasteiger partial charge < -0.3 is 16.0 Å². The first-order chi connectivity index (χ1) is 12.4. The summed E-state index contributed by atoms with van der Waals surface area (Å²) in [6.45, 7) is 6.05. The van der Waals surface area contributed by atoms with Gasteiger partial charge in [0.15, 0.2) is 0 Å². The van der Waals surface area contributed by atoms with Crippen LogP contribution in [-0.2, 0) is 14.4 Å². The average Bonchev–Trinajstić information content (AvgIpc) is 2.66. The molecule has 3 amide bonds. The van der Waals surface area contributed by atoms with Gasteiger partial charge in [-0.05, 0) is 19.4 Å². The average molecular weight is 360 g/mol. The van der Waals surface area contributed by atoms with Gasteiger partial charge in [-0.3, -0.25) is 19.3 Å². The van der Waals surface area contributed by atoms with Gasteiger partial charge in [0, 0.05) is 39.0 Å². The number of nitrogens with zero attached hydrogens (tertiary/aromatic N) is 2. The molecular formula is C19H28N4O3. The third-order valence-electron chi connectivity index (χ3n) is 4.87. The second-order valence-electron chi connectivity index (χ2n) is 6.69. The van der Waals surface area contributed by atoms with Crippen molar-refractivity contribution in [3.8, 4) is 0 Å². The summed E-state index contributed by atoms with van der Waals surface area (Å²) in [7, 11) is 0. The third kappa shape index (κ3) is 5.56. The second-order valence-corrected chi connectivity index (χ2v) is 6.69. The van der Waals surface area contributed by atoms with E-state index in [1.807, 2.05) is 42.2 Å². The topological polar surface area (TPSA) is 95.7 Å². The molecule has 1 aromatic carbocycles. The van der Waals surface area contributed by atoms with Gasteiger partial charge in [-0.25, -0.2) is 0 Å². The van der Waals surface area contributed by atoms with Crippen LogP contribution >= 0.6 is 0 Å². The maximum absolute atomic E-state index is 12.3. The van der Waals surface area contributed by atoms with Gasteiger partial charge in [-0.1, -0.05) is 30.3 Å². The lowest BCUT2D eigenvalue weighted by Crippen LogP contribution is -2.54. The lowest BCUT2D eigenvalue weighted by molar-refractivity contribution is -0.136. The summed E-state index contributed by atoms with van der Waals surface area (Å²) in [5.74, 6) is -0.511. The van der Waals surface area contributed by atoms with Crippen molar-refractivity contribution >= 4 is 17.7 Å². The highest BCUT2D eigenvalue weighted by Crippen LogP contribution is 2.12. The van der Waals surface area contributed by atoms with Crippen LogP contribution in [0.5, 0.6) is 0 Å². The Hall–Kier alpha value is -2.41. The zero-order chi connectivity index (χ0) is 19.1. The highest BCUT2D eigenvalue weighted by molar-refractivity contribution is 5.84. The molecule has 2 atom stereocenters. The molecule has 1 aliphatic heterocycles. The van der Waals surface area contributed by atoms with Gasteiger partial charge in [-0.15, -0.1) is 0 Å². The van der Waals surface area contributed by atoms with Crippen LogP contribution in [0.2, 0.25) is 0 Å². The number of rotatable bonds is 7. The van der Waals surface area contributed by atoms with Crippen LogP contribution in [0.1, 0.15) is 38.3 Å². The van der Waals surface area contributed by atoms with Crippen LogP contribution in [0.4, 0.5) is 0 Å². The number of hydrogen-bond donors (Lipinski definition) is 2. The molecule has 0 unspecified atom stereocenters. The molecule has 2 rings (SSSR count). The molecule has 0 aliphatic carbocycles. The molecule has 26 heavy (non-hydrogen) atoms. The van der Waals surface area contributed by atoms with Crippen molar-refractivity contribution in [2.24, 2.45) is 5.73 Å². The Balaban J connectivity index is 1.72. The molecule has 0 aromatic heterocycles. The van der Waals surface area contributed by atoms with Crippen molar-refractivity contribution in [2.45, 2.75) is 38.8 Å². The predicted octanol–water partition coefficient (Wildman–Crippen LogP) is 0.662. The lowest BCUT2D eigenvalue weighted by Gasteiger charge is -2.37. The number of nitrogens with two attached hydrogens (primary N) is 1. The van der Waals surface area contributed by atoms with Gasteiger partial charge in [0.05, 0.1) is 12.1 Å². The van der Waals surface area contributed by atoms with Crippen LogP contribution in [0.15, 0.2) is 30.3 Å². The number of primary amides is 1. The first-order valence-electron chi connectivity index (χ1n) is 9.04. The van der Waals surface area contributed by atoms with Crippen LogP contribution in [0.3, 0.4) is 0 Å². The van der Waals surface area contributed by atoms with Crippen molar-refractivity contribution in [2.75, 3.05) is 26.2 Å². The molecule has 0 saturated carbocycles. The molecular weight excluding hydrogens is 332 g/mol. The fraction of sp³-hybridized carbons (Fsp3) is 0.526. The van der Waals surface area contributed by atoms with E-state index in [1.54, 1.807) is 11.8 Å². The van der Waals surface area contributed by atoms with E-state index in [-0.39, 0.29) is 42.6 Å². The number of piperazine rings is 1. The van der Waals surface area contributed by atoms with Gasteiger partial charge >= 0.3 is 0 Å². The van der Waals surface area contributed by atoms with Gasteiger partial charge in [0.25, 0.3) is 0 Å². The summed E-state index contributed by atoms with van der Waals surface area (Å²) in [5, 5.41) is 2.92. The molecule has 1 saturated heterocycles. The number of carbonyl (C=O) groups excluding carboxylic acids is 3. The lowest BCUT2D eigenvalue weighted by atomic mass is 10.1. The SMILES string of the molecule is C[C@H](C(N)=O)N1CCN(C(=O)CCC(=O)N[C@H](C)c2ccccc2)CC1. The molecule has 7 heteroatoms. The van der Waals surface area contributed by atoms with E-state index in [4.69, 9.17) is 5.73 Å². The number of amides is 3. The molecule has 1 aliphatic rings. The van der Waals surface area contributed by atoms with Gasteiger partial charge in [0.2, 0.25) is 17.7 Å². The Labute approximate surface area is 154 Å². The molecule has 0 spiro atoms. The maximum Gasteiger partial charge on any atom is 0.234 e. The fourth-order valence-corrected chi connectivity index (χ4v) is 3.06. The van der Waals surface area contributed by atoms with E-state index in [0.29, 0.717) is 26.2 Å². The largest absolute Gasteiger partial charge is 0.368 e. The van der Waals surface area contributed by atoms with E-state index >= 15 is 0 Å². The van der Waals surface area contributed by atoms with Crippen LogP contribution < -0.4 is 11.1 Å². The van der Waals surface area contributed by atoms with Crippen molar-refractivity contribution in [1.82, 2.24) is 15.1 Å². The van der Waals surface area contributed by atoms with E-state index in [2.05, 4.69) is 5.32 Å². The summed E-state index contributed by atoms with van der Waals surface area (Å²) >= 11 is 0.